The van der Waals surface area contributed by atoms with Crippen LogP contribution in [-0.2, 0) is 14.8 Å². The summed E-state index contributed by atoms with van der Waals surface area (Å²) in [6.45, 7) is 1.54. The first-order valence-corrected chi connectivity index (χ1v) is 9.94. The van der Waals surface area contributed by atoms with E-state index in [-0.39, 0.29) is 19.1 Å². The van der Waals surface area contributed by atoms with Gasteiger partial charge in [-0.2, -0.15) is 4.31 Å². The highest BCUT2D eigenvalue weighted by Crippen LogP contribution is 2.20. The van der Waals surface area contributed by atoms with Gasteiger partial charge < -0.3 is 15.4 Å². The maximum absolute atomic E-state index is 12.0. The summed E-state index contributed by atoms with van der Waals surface area (Å²) >= 11 is 5.97. The van der Waals surface area contributed by atoms with E-state index in [1.807, 2.05) is 0 Å². The summed E-state index contributed by atoms with van der Waals surface area (Å²) in [5, 5.41) is 5.72. The highest BCUT2D eigenvalue weighted by molar-refractivity contribution is 7.88. The number of ether oxygens (including phenoxy) is 1. The number of anilines is 1. The molecule has 1 aliphatic rings. The van der Waals surface area contributed by atoms with Crippen molar-refractivity contribution in [2.24, 2.45) is 0 Å². The molecule has 1 saturated heterocycles. The van der Waals surface area contributed by atoms with Gasteiger partial charge in [0.25, 0.3) is 0 Å². The van der Waals surface area contributed by atoms with Crippen LogP contribution in [0.4, 0.5) is 10.5 Å². The molecule has 0 radical (unpaired) electrons. The fraction of sp³-hybridized carbons (Fsp3) is 0.533. The van der Waals surface area contributed by atoms with Crippen molar-refractivity contribution in [3.63, 3.8) is 0 Å². The number of carbonyl (C=O) groups is 1. The normalized spacial score (nSPS) is 16.1. The SMILES string of the molecule is CS(=O)(=O)N(CCNC(=O)Nc1ccccc1Cl)C1CCOCC1. The van der Waals surface area contributed by atoms with Gasteiger partial charge in [-0.3, -0.25) is 0 Å². The molecule has 1 aliphatic heterocycles. The molecule has 134 valence electrons. The van der Waals surface area contributed by atoms with Crippen LogP contribution in [0, 0.1) is 0 Å². The third-order valence-electron chi connectivity index (χ3n) is 3.76. The monoisotopic (exact) mass is 375 g/mol. The van der Waals surface area contributed by atoms with E-state index in [0.717, 1.165) is 0 Å². The van der Waals surface area contributed by atoms with Gasteiger partial charge in [-0.1, -0.05) is 23.7 Å². The third-order valence-corrected chi connectivity index (χ3v) is 5.43. The molecule has 0 aromatic heterocycles. The second kappa shape index (κ2) is 8.66. The van der Waals surface area contributed by atoms with Gasteiger partial charge >= 0.3 is 6.03 Å². The van der Waals surface area contributed by atoms with Gasteiger partial charge in [0.1, 0.15) is 0 Å². The van der Waals surface area contributed by atoms with Gasteiger partial charge in [-0.25, -0.2) is 13.2 Å². The van der Waals surface area contributed by atoms with Crippen LogP contribution in [0.3, 0.4) is 0 Å². The van der Waals surface area contributed by atoms with E-state index in [2.05, 4.69) is 10.6 Å². The number of urea groups is 1. The molecule has 0 spiro atoms. The number of rotatable bonds is 6. The van der Waals surface area contributed by atoms with E-state index >= 15 is 0 Å². The van der Waals surface area contributed by atoms with E-state index in [0.29, 0.717) is 36.8 Å². The van der Waals surface area contributed by atoms with Crippen molar-refractivity contribution in [3.8, 4) is 0 Å². The Kier molecular flexibility index (Phi) is 6.85. The summed E-state index contributed by atoms with van der Waals surface area (Å²) in [4.78, 5) is 11.9. The number of benzene rings is 1. The predicted molar refractivity (Wildman–Crippen MR) is 93.9 cm³/mol. The summed E-state index contributed by atoms with van der Waals surface area (Å²) < 4.78 is 30.7. The average molecular weight is 376 g/mol. The smallest absolute Gasteiger partial charge is 0.319 e. The minimum absolute atomic E-state index is 0.0813. The minimum atomic E-state index is -3.34. The standard InChI is InChI=1S/C15H22ClN3O4S/c1-24(21,22)19(12-6-10-23-11-7-12)9-8-17-15(20)18-14-5-3-2-4-13(14)16/h2-5,12H,6-11H2,1H3,(H2,17,18,20). The first-order chi connectivity index (χ1) is 11.4. The molecule has 0 aliphatic carbocycles. The minimum Gasteiger partial charge on any atom is -0.381 e. The van der Waals surface area contributed by atoms with E-state index in [1.165, 1.54) is 10.6 Å². The third kappa shape index (κ3) is 5.62. The Morgan fingerprint density at radius 1 is 1.33 bits per heavy atom. The number of carbonyl (C=O) groups excluding carboxylic acids is 1. The van der Waals surface area contributed by atoms with Crippen molar-refractivity contribution >= 4 is 33.3 Å². The zero-order chi connectivity index (χ0) is 17.6. The zero-order valence-corrected chi connectivity index (χ0v) is 15.1. The van der Waals surface area contributed by atoms with Crippen LogP contribution in [0.15, 0.2) is 24.3 Å². The summed E-state index contributed by atoms with van der Waals surface area (Å²) in [6.07, 6.45) is 2.52. The molecule has 2 rings (SSSR count). The summed E-state index contributed by atoms with van der Waals surface area (Å²) in [7, 11) is -3.34. The van der Waals surface area contributed by atoms with Crippen molar-refractivity contribution in [2.45, 2.75) is 18.9 Å². The van der Waals surface area contributed by atoms with Crippen LogP contribution in [0.2, 0.25) is 5.02 Å². The molecular formula is C15H22ClN3O4S. The number of halogens is 1. The number of nitrogens with zero attached hydrogens (tertiary/aromatic N) is 1. The molecule has 0 atom stereocenters. The molecule has 9 heteroatoms. The summed E-state index contributed by atoms with van der Waals surface area (Å²) in [6, 6.07) is 6.38. The van der Waals surface area contributed by atoms with Gasteiger partial charge in [0, 0.05) is 32.3 Å². The molecule has 2 amide bonds. The second-order valence-electron chi connectivity index (χ2n) is 5.58. The molecule has 1 fully saturated rings. The quantitative estimate of drug-likeness (QED) is 0.794. The summed E-state index contributed by atoms with van der Waals surface area (Å²) in [5.41, 5.74) is 0.501. The lowest BCUT2D eigenvalue weighted by Crippen LogP contribution is -2.46. The van der Waals surface area contributed by atoms with Gasteiger partial charge in [0.05, 0.1) is 17.0 Å². The van der Waals surface area contributed by atoms with Crippen molar-refractivity contribution in [1.29, 1.82) is 0 Å². The first-order valence-electron chi connectivity index (χ1n) is 7.72. The Hall–Kier alpha value is -1.35. The summed E-state index contributed by atoms with van der Waals surface area (Å²) in [5.74, 6) is 0. The van der Waals surface area contributed by atoms with Crippen LogP contribution >= 0.6 is 11.6 Å². The predicted octanol–water partition coefficient (Wildman–Crippen LogP) is 1.90. The molecular weight excluding hydrogens is 354 g/mol. The first kappa shape index (κ1) is 19.0. The highest BCUT2D eigenvalue weighted by atomic mass is 35.5. The Morgan fingerprint density at radius 3 is 2.62 bits per heavy atom. The largest absolute Gasteiger partial charge is 0.381 e. The molecule has 1 heterocycles. The van der Waals surface area contributed by atoms with E-state index in [9.17, 15) is 13.2 Å². The van der Waals surface area contributed by atoms with Crippen molar-refractivity contribution < 1.29 is 17.9 Å². The Bertz CT molecular complexity index is 662. The average Bonchev–Trinajstić information content (AvgIpc) is 2.53. The van der Waals surface area contributed by atoms with E-state index in [4.69, 9.17) is 16.3 Å². The van der Waals surface area contributed by atoms with Crippen LogP contribution < -0.4 is 10.6 Å². The lowest BCUT2D eigenvalue weighted by molar-refractivity contribution is 0.0589. The molecule has 0 unspecified atom stereocenters. The molecule has 1 aromatic carbocycles. The van der Waals surface area contributed by atoms with Gasteiger partial charge in [0.2, 0.25) is 10.0 Å². The molecule has 1 aromatic rings. The lowest BCUT2D eigenvalue weighted by Gasteiger charge is -2.32. The van der Waals surface area contributed by atoms with E-state index < -0.39 is 16.1 Å². The van der Waals surface area contributed by atoms with Crippen molar-refractivity contribution in [2.75, 3.05) is 37.9 Å². The topological polar surface area (TPSA) is 87.7 Å². The number of hydrogen-bond donors (Lipinski definition) is 2. The number of hydrogen-bond acceptors (Lipinski definition) is 4. The van der Waals surface area contributed by atoms with Gasteiger partial charge in [-0.05, 0) is 25.0 Å². The maximum atomic E-state index is 12.0. The van der Waals surface area contributed by atoms with Crippen molar-refractivity contribution in [3.05, 3.63) is 29.3 Å². The van der Waals surface area contributed by atoms with Crippen LogP contribution in [0.25, 0.3) is 0 Å². The van der Waals surface area contributed by atoms with Crippen LogP contribution in [0.1, 0.15) is 12.8 Å². The second-order valence-corrected chi connectivity index (χ2v) is 7.92. The fourth-order valence-corrected chi connectivity index (χ4v) is 3.96. The number of para-hydroxylation sites is 1. The van der Waals surface area contributed by atoms with Gasteiger partial charge in [0.15, 0.2) is 0 Å². The Labute approximate surface area is 147 Å². The van der Waals surface area contributed by atoms with Crippen LogP contribution in [-0.4, -0.2) is 57.4 Å². The zero-order valence-electron chi connectivity index (χ0n) is 13.5. The molecule has 0 bridgehead atoms. The molecule has 7 nitrogen and oxygen atoms in total. The highest BCUT2D eigenvalue weighted by Gasteiger charge is 2.28. The van der Waals surface area contributed by atoms with Crippen LogP contribution in [0.5, 0.6) is 0 Å². The van der Waals surface area contributed by atoms with E-state index in [1.54, 1.807) is 24.3 Å². The van der Waals surface area contributed by atoms with Gasteiger partial charge in [-0.15, -0.1) is 0 Å². The maximum Gasteiger partial charge on any atom is 0.319 e. The molecule has 2 N–H and O–H groups in total. The fourth-order valence-electron chi connectivity index (χ4n) is 2.60. The number of amides is 2. The number of sulfonamides is 1. The van der Waals surface area contributed by atoms with Crippen molar-refractivity contribution in [1.82, 2.24) is 9.62 Å². The molecule has 0 saturated carbocycles. The Morgan fingerprint density at radius 2 is 2.00 bits per heavy atom. The number of nitrogens with one attached hydrogen (secondary N) is 2. The molecule has 24 heavy (non-hydrogen) atoms. The lowest BCUT2D eigenvalue weighted by atomic mass is 10.1. The Balaban J connectivity index is 1.86.